The zero-order chi connectivity index (χ0) is 15.2. The molecule has 2 fully saturated rings. The molecule has 0 aromatic heterocycles. The molecule has 0 aromatic carbocycles. The lowest BCUT2D eigenvalue weighted by molar-refractivity contribution is -0.148. The van der Waals surface area contributed by atoms with E-state index in [2.05, 4.69) is 19.9 Å². The molecule has 0 saturated heterocycles. The van der Waals surface area contributed by atoms with Crippen molar-refractivity contribution in [3.8, 4) is 0 Å². The van der Waals surface area contributed by atoms with Gasteiger partial charge in [-0.05, 0) is 43.4 Å². The third-order valence-corrected chi connectivity index (χ3v) is 6.18. The molecule has 3 heteroatoms. The standard InChI is InChI=1S/C18H26O3/c1-11-4-7-16-15(17(11)20)6-5-13-10-14(21-12(2)19)8-9-18(13,16)3/h5,11,14-16H,4,6-10H2,1-3H3/t11?,14?,15?,16?,18-/m1/s1. The number of esters is 1. The van der Waals surface area contributed by atoms with Crippen molar-refractivity contribution in [2.45, 2.75) is 65.4 Å². The van der Waals surface area contributed by atoms with Crippen LogP contribution in [0.15, 0.2) is 11.6 Å². The van der Waals surface area contributed by atoms with Crippen LogP contribution in [0.2, 0.25) is 0 Å². The molecule has 0 radical (unpaired) electrons. The van der Waals surface area contributed by atoms with Crippen LogP contribution in [-0.2, 0) is 14.3 Å². The number of fused-ring (bicyclic) bond motifs is 3. The Morgan fingerprint density at radius 2 is 2.10 bits per heavy atom. The van der Waals surface area contributed by atoms with Crippen molar-refractivity contribution >= 4 is 11.8 Å². The summed E-state index contributed by atoms with van der Waals surface area (Å²) in [5.41, 5.74) is 1.58. The molecule has 0 bridgehead atoms. The number of carbonyl (C=O) groups excluding carboxylic acids is 2. The number of ketones is 1. The number of hydrogen-bond donors (Lipinski definition) is 0. The third kappa shape index (κ3) is 2.45. The average molecular weight is 290 g/mol. The monoisotopic (exact) mass is 290 g/mol. The van der Waals surface area contributed by atoms with Gasteiger partial charge in [0.05, 0.1) is 0 Å². The van der Waals surface area contributed by atoms with Crippen LogP contribution in [0.1, 0.15) is 59.3 Å². The van der Waals surface area contributed by atoms with Crippen LogP contribution in [0.25, 0.3) is 0 Å². The van der Waals surface area contributed by atoms with Gasteiger partial charge < -0.3 is 4.74 Å². The second kappa shape index (κ2) is 5.26. The maximum absolute atomic E-state index is 12.5. The van der Waals surface area contributed by atoms with E-state index in [0.29, 0.717) is 11.7 Å². The largest absolute Gasteiger partial charge is 0.462 e. The molecule has 3 aliphatic rings. The van der Waals surface area contributed by atoms with Gasteiger partial charge in [-0.1, -0.05) is 25.5 Å². The van der Waals surface area contributed by atoms with Gasteiger partial charge >= 0.3 is 5.97 Å². The summed E-state index contributed by atoms with van der Waals surface area (Å²) >= 11 is 0. The molecule has 0 heterocycles. The molecule has 0 aromatic rings. The van der Waals surface area contributed by atoms with Crippen molar-refractivity contribution in [2.75, 3.05) is 0 Å². The van der Waals surface area contributed by atoms with Crippen LogP contribution >= 0.6 is 0 Å². The molecule has 0 N–H and O–H groups in total. The molecule has 3 aliphatic carbocycles. The van der Waals surface area contributed by atoms with Crippen molar-refractivity contribution in [3.05, 3.63) is 11.6 Å². The molecule has 3 nitrogen and oxygen atoms in total. The van der Waals surface area contributed by atoms with Gasteiger partial charge in [0, 0.05) is 25.2 Å². The summed E-state index contributed by atoms with van der Waals surface area (Å²) in [4.78, 5) is 23.7. The van der Waals surface area contributed by atoms with Gasteiger partial charge in [-0.15, -0.1) is 0 Å². The highest BCUT2D eigenvalue weighted by atomic mass is 16.5. The average Bonchev–Trinajstić information content (AvgIpc) is 2.42. The molecule has 4 unspecified atom stereocenters. The number of ether oxygens (including phenoxy) is 1. The minimum absolute atomic E-state index is 0.0385. The van der Waals surface area contributed by atoms with Gasteiger partial charge in [-0.25, -0.2) is 0 Å². The normalized spacial score (nSPS) is 42.6. The van der Waals surface area contributed by atoms with Gasteiger partial charge in [0.15, 0.2) is 0 Å². The first-order chi connectivity index (χ1) is 9.91. The fourth-order valence-corrected chi connectivity index (χ4v) is 4.93. The van der Waals surface area contributed by atoms with Crippen molar-refractivity contribution in [1.29, 1.82) is 0 Å². The van der Waals surface area contributed by atoms with E-state index < -0.39 is 0 Å². The summed E-state index contributed by atoms with van der Waals surface area (Å²) in [7, 11) is 0. The van der Waals surface area contributed by atoms with Gasteiger partial charge in [0.1, 0.15) is 11.9 Å². The fourth-order valence-electron chi connectivity index (χ4n) is 4.93. The Balaban J connectivity index is 1.82. The SMILES string of the molecule is CC(=O)OC1CC[C@]2(C)C(=CCC3C(=O)C(C)CCC32)C1. The van der Waals surface area contributed by atoms with Crippen LogP contribution in [-0.4, -0.2) is 17.9 Å². The van der Waals surface area contributed by atoms with E-state index in [1.807, 2.05) is 0 Å². The van der Waals surface area contributed by atoms with Gasteiger partial charge in [-0.3, -0.25) is 9.59 Å². The predicted molar refractivity (Wildman–Crippen MR) is 80.6 cm³/mol. The fraction of sp³-hybridized carbons (Fsp3) is 0.778. The molecular weight excluding hydrogens is 264 g/mol. The Hall–Kier alpha value is -1.12. The van der Waals surface area contributed by atoms with Gasteiger partial charge in [0.25, 0.3) is 0 Å². The zero-order valence-electron chi connectivity index (χ0n) is 13.4. The Bertz CT molecular complexity index is 493. The second-order valence-corrected chi connectivity index (χ2v) is 7.45. The molecule has 116 valence electrons. The Morgan fingerprint density at radius 1 is 1.33 bits per heavy atom. The lowest BCUT2D eigenvalue weighted by atomic mass is 9.52. The predicted octanol–water partition coefficient (Wildman–Crippen LogP) is 3.67. The Kier molecular flexibility index (Phi) is 3.71. The van der Waals surface area contributed by atoms with Crippen molar-refractivity contribution < 1.29 is 14.3 Å². The summed E-state index contributed by atoms with van der Waals surface area (Å²) in [5, 5.41) is 0. The highest BCUT2D eigenvalue weighted by Gasteiger charge is 2.51. The smallest absolute Gasteiger partial charge is 0.302 e. The maximum atomic E-state index is 12.5. The lowest BCUT2D eigenvalue weighted by Crippen LogP contribution is -2.48. The van der Waals surface area contributed by atoms with E-state index in [0.717, 1.165) is 32.1 Å². The first kappa shape index (κ1) is 14.8. The first-order valence-corrected chi connectivity index (χ1v) is 8.32. The summed E-state index contributed by atoms with van der Waals surface area (Å²) < 4.78 is 5.41. The molecule has 0 aliphatic heterocycles. The van der Waals surface area contributed by atoms with Gasteiger partial charge in [-0.2, -0.15) is 0 Å². The van der Waals surface area contributed by atoms with Crippen LogP contribution in [0.3, 0.4) is 0 Å². The minimum Gasteiger partial charge on any atom is -0.462 e. The summed E-state index contributed by atoms with van der Waals surface area (Å²) in [6.07, 6.45) is 8.26. The molecule has 3 rings (SSSR count). The Morgan fingerprint density at radius 3 is 2.81 bits per heavy atom. The summed E-state index contributed by atoms with van der Waals surface area (Å²) in [5.74, 6) is 1.26. The third-order valence-electron chi connectivity index (χ3n) is 6.18. The van der Waals surface area contributed by atoms with E-state index in [4.69, 9.17) is 4.74 Å². The highest BCUT2D eigenvalue weighted by Crippen LogP contribution is 2.56. The minimum atomic E-state index is -0.181. The maximum Gasteiger partial charge on any atom is 0.302 e. The lowest BCUT2D eigenvalue weighted by Gasteiger charge is -2.52. The second-order valence-electron chi connectivity index (χ2n) is 7.45. The van der Waals surface area contributed by atoms with Crippen molar-refractivity contribution in [1.82, 2.24) is 0 Å². The number of allylic oxidation sites excluding steroid dienone is 1. The van der Waals surface area contributed by atoms with E-state index in [-0.39, 0.29) is 29.3 Å². The molecular formula is C18H26O3. The van der Waals surface area contributed by atoms with E-state index >= 15 is 0 Å². The topological polar surface area (TPSA) is 43.4 Å². The quantitative estimate of drug-likeness (QED) is 0.546. The van der Waals surface area contributed by atoms with Crippen LogP contribution in [0.4, 0.5) is 0 Å². The summed E-state index contributed by atoms with van der Waals surface area (Å²) in [6.45, 7) is 5.90. The first-order valence-electron chi connectivity index (χ1n) is 8.32. The molecule has 0 amide bonds. The zero-order valence-corrected chi connectivity index (χ0v) is 13.4. The molecule has 0 spiro atoms. The van der Waals surface area contributed by atoms with Crippen LogP contribution in [0, 0.1) is 23.2 Å². The van der Waals surface area contributed by atoms with E-state index in [1.165, 1.54) is 18.9 Å². The van der Waals surface area contributed by atoms with E-state index in [1.54, 1.807) is 0 Å². The van der Waals surface area contributed by atoms with Crippen molar-refractivity contribution in [2.24, 2.45) is 23.2 Å². The number of Topliss-reactive ketones (excluding diaryl/α,β-unsaturated/α-hetero) is 1. The molecule has 2 saturated carbocycles. The van der Waals surface area contributed by atoms with Gasteiger partial charge in [0.2, 0.25) is 0 Å². The highest BCUT2D eigenvalue weighted by molar-refractivity contribution is 5.84. The summed E-state index contributed by atoms with van der Waals surface area (Å²) in [6, 6.07) is 0. The van der Waals surface area contributed by atoms with Crippen LogP contribution in [0.5, 0.6) is 0 Å². The Labute approximate surface area is 127 Å². The number of hydrogen-bond acceptors (Lipinski definition) is 3. The van der Waals surface area contributed by atoms with Crippen LogP contribution < -0.4 is 0 Å². The molecule has 21 heavy (non-hydrogen) atoms. The number of rotatable bonds is 1. The van der Waals surface area contributed by atoms with Crippen molar-refractivity contribution in [3.63, 3.8) is 0 Å². The number of carbonyl (C=O) groups is 2. The molecule has 5 atom stereocenters. The van der Waals surface area contributed by atoms with E-state index in [9.17, 15) is 9.59 Å².